The van der Waals surface area contributed by atoms with Gasteiger partial charge in [-0.05, 0) is 36.9 Å². The van der Waals surface area contributed by atoms with Gasteiger partial charge in [-0.2, -0.15) is 0 Å². The van der Waals surface area contributed by atoms with E-state index >= 15 is 0 Å². The average molecular weight is 233 g/mol. The second-order valence-corrected chi connectivity index (χ2v) is 4.88. The molecule has 3 nitrogen and oxygen atoms in total. The maximum atomic E-state index is 5.48. The molecule has 2 aliphatic rings. The van der Waals surface area contributed by atoms with E-state index in [0.29, 0.717) is 19.4 Å². The van der Waals surface area contributed by atoms with Crippen LogP contribution in [0.25, 0.3) is 0 Å². The molecule has 3 rings (SSSR count). The summed E-state index contributed by atoms with van der Waals surface area (Å²) in [4.78, 5) is 0. The Bertz CT molecular complexity index is 351. The minimum Gasteiger partial charge on any atom is -0.352 e. The summed E-state index contributed by atoms with van der Waals surface area (Å²) in [6.07, 6.45) is 3.90. The van der Waals surface area contributed by atoms with Gasteiger partial charge in [-0.25, -0.2) is 0 Å². The van der Waals surface area contributed by atoms with Crippen molar-refractivity contribution in [1.82, 2.24) is 5.32 Å². The monoisotopic (exact) mass is 233 g/mol. The third-order valence-corrected chi connectivity index (χ3v) is 3.62. The molecular weight excluding hydrogens is 214 g/mol. The molecule has 1 aromatic carbocycles. The summed E-state index contributed by atoms with van der Waals surface area (Å²) in [6.45, 7) is 2.29. The maximum Gasteiger partial charge on any atom is 0.147 e. The number of hydrogen-bond donors (Lipinski definition) is 1. The Morgan fingerprint density at radius 1 is 1.24 bits per heavy atom. The predicted octanol–water partition coefficient (Wildman–Crippen LogP) is 2.03. The highest BCUT2D eigenvalue weighted by atomic mass is 16.7. The van der Waals surface area contributed by atoms with Crippen LogP contribution in [0.1, 0.15) is 30.1 Å². The molecule has 0 aliphatic carbocycles. The van der Waals surface area contributed by atoms with Crippen molar-refractivity contribution in [1.29, 1.82) is 0 Å². The molecular formula is C14H19NO2. The van der Waals surface area contributed by atoms with Gasteiger partial charge in [0.05, 0.1) is 6.61 Å². The molecule has 3 heteroatoms. The van der Waals surface area contributed by atoms with E-state index in [9.17, 15) is 0 Å². The van der Waals surface area contributed by atoms with E-state index in [1.807, 2.05) is 0 Å². The highest BCUT2D eigenvalue weighted by molar-refractivity contribution is 5.25. The fourth-order valence-electron chi connectivity index (χ4n) is 2.61. The van der Waals surface area contributed by atoms with E-state index < -0.39 is 0 Å². The molecule has 0 spiro atoms. The molecule has 2 saturated heterocycles. The van der Waals surface area contributed by atoms with Gasteiger partial charge >= 0.3 is 0 Å². The quantitative estimate of drug-likeness (QED) is 0.866. The van der Waals surface area contributed by atoms with Gasteiger partial charge in [0.1, 0.15) is 12.9 Å². The third kappa shape index (κ3) is 2.68. The van der Waals surface area contributed by atoms with Crippen molar-refractivity contribution in [3.8, 4) is 0 Å². The summed E-state index contributed by atoms with van der Waals surface area (Å²) >= 11 is 0. The molecule has 2 aliphatic heterocycles. The van der Waals surface area contributed by atoms with E-state index in [1.54, 1.807) is 0 Å². The van der Waals surface area contributed by atoms with Gasteiger partial charge in [0.2, 0.25) is 0 Å². The van der Waals surface area contributed by atoms with Crippen molar-refractivity contribution in [2.45, 2.75) is 31.4 Å². The summed E-state index contributed by atoms with van der Waals surface area (Å²) in [6, 6.07) is 9.45. The van der Waals surface area contributed by atoms with Crippen molar-refractivity contribution >= 4 is 0 Å². The lowest BCUT2D eigenvalue weighted by Crippen LogP contribution is -2.23. The van der Waals surface area contributed by atoms with Gasteiger partial charge < -0.3 is 14.8 Å². The Labute approximate surface area is 102 Å². The van der Waals surface area contributed by atoms with Crippen LogP contribution in [0.3, 0.4) is 0 Å². The lowest BCUT2D eigenvalue weighted by molar-refractivity contribution is 0.0466. The number of hydrogen-bond acceptors (Lipinski definition) is 3. The lowest BCUT2D eigenvalue weighted by Gasteiger charge is -2.12. The lowest BCUT2D eigenvalue weighted by atomic mass is 10.0. The van der Waals surface area contributed by atoms with Crippen LogP contribution >= 0.6 is 0 Å². The van der Waals surface area contributed by atoms with Gasteiger partial charge in [-0.3, -0.25) is 0 Å². The maximum absolute atomic E-state index is 5.48. The zero-order chi connectivity index (χ0) is 11.5. The standard InChI is InChI=1S/C14H19NO2/c1-2-13(15-7-1)8-11-3-5-12(6-4-11)14-9-16-10-17-14/h3-6,13-15H,1-2,7-10H2. The molecule has 2 atom stereocenters. The average Bonchev–Trinajstić information content (AvgIpc) is 3.01. The Morgan fingerprint density at radius 2 is 2.12 bits per heavy atom. The predicted molar refractivity (Wildman–Crippen MR) is 65.8 cm³/mol. The summed E-state index contributed by atoms with van der Waals surface area (Å²) in [5.41, 5.74) is 2.64. The van der Waals surface area contributed by atoms with E-state index in [2.05, 4.69) is 29.6 Å². The second-order valence-electron chi connectivity index (χ2n) is 4.88. The highest BCUT2D eigenvalue weighted by Gasteiger charge is 2.18. The second kappa shape index (κ2) is 5.17. The van der Waals surface area contributed by atoms with Crippen molar-refractivity contribution in [3.63, 3.8) is 0 Å². The first-order valence-corrected chi connectivity index (χ1v) is 6.43. The summed E-state index contributed by atoms with van der Waals surface area (Å²) in [5, 5.41) is 3.53. The van der Waals surface area contributed by atoms with Crippen LogP contribution in [0.15, 0.2) is 24.3 Å². The Hall–Kier alpha value is -0.900. The summed E-state index contributed by atoms with van der Waals surface area (Å²) in [5.74, 6) is 0. The van der Waals surface area contributed by atoms with E-state index in [1.165, 1.54) is 30.5 Å². The number of rotatable bonds is 3. The van der Waals surface area contributed by atoms with Crippen molar-refractivity contribution in [2.75, 3.05) is 19.9 Å². The normalized spacial score (nSPS) is 28.7. The van der Waals surface area contributed by atoms with E-state index in [0.717, 1.165) is 6.42 Å². The first-order chi connectivity index (χ1) is 8.42. The fourth-order valence-corrected chi connectivity index (χ4v) is 2.61. The van der Waals surface area contributed by atoms with Crippen LogP contribution in [0.2, 0.25) is 0 Å². The molecule has 0 saturated carbocycles. The molecule has 0 amide bonds. The highest BCUT2D eigenvalue weighted by Crippen LogP contribution is 2.23. The van der Waals surface area contributed by atoms with Gasteiger partial charge in [-0.15, -0.1) is 0 Å². The minimum atomic E-state index is 0.133. The SMILES string of the molecule is c1cc(C2COCO2)ccc1CC1CCCN1. The molecule has 2 heterocycles. The largest absolute Gasteiger partial charge is 0.352 e. The fraction of sp³-hybridized carbons (Fsp3) is 0.571. The van der Waals surface area contributed by atoms with E-state index in [4.69, 9.17) is 9.47 Å². The number of nitrogens with one attached hydrogen (secondary N) is 1. The van der Waals surface area contributed by atoms with Crippen LogP contribution in [0.5, 0.6) is 0 Å². The molecule has 2 unspecified atom stereocenters. The molecule has 1 N–H and O–H groups in total. The van der Waals surface area contributed by atoms with Crippen molar-refractivity contribution in [3.05, 3.63) is 35.4 Å². The summed E-state index contributed by atoms with van der Waals surface area (Å²) < 4.78 is 10.7. The Balaban J connectivity index is 1.62. The molecule has 2 fully saturated rings. The van der Waals surface area contributed by atoms with E-state index in [-0.39, 0.29) is 6.10 Å². The van der Waals surface area contributed by atoms with Gasteiger partial charge in [0.15, 0.2) is 0 Å². The Kier molecular flexibility index (Phi) is 3.41. The van der Waals surface area contributed by atoms with Crippen LogP contribution in [-0.4, -0.2) is 26.0 Å². The number of ether oxygens (including phenoxy) is 2. The summed E-state index contributed by atoms with van der Waals surface area (Å²) in [7, 11) is 0. The van der Waals surface area contributed by atoms with Gasteiger partial charge in [0.25, 0.3) is 0 Å². The number of benzene rings is 1. The van der Waals surface area contributed by atoms with Crippen LogP contribution in [-0.2, 0) is 15.9 Å². The minimum absolute atomic E-state index is 0.133. The zero-order valence-corrected chi connectivity index (χ0v) is 10.0. The van der Waals surface area contributed by atoms with Gasteiger partial charge in [0, 0.05) is 6.04 Å². The van der Waals surface area contributed by atoms with Crippen molar-refractivity contribution in [2.24, 2.45) is 0 Å². The molecule has 1 aromatic rings. The third-order valence-electron chi connectivity index (χ3n) is 3.62. The topological polar surface area (TPSA) is 30.5 Å². The zero-order valence-electron chi connectivity index (χ0n) is 10.0. The van der Waals surface area contributed by atoms with Gasteiger partial charge in [-0.1, -0.05) is 24.3 Å². The molecule has 0 radical (unpaired) electrons. The molecule has 92 valence electrons. The van der Waals surface area contributed by atoms with Crippen LogP contribution in [0, 0.1) is 0 Å². The first-order valence-electron chi connectivity index (χ1n) is 6.43. The van der Waals surface area contributed by atoms with Crippen LogP contribution < -0.4 is 5.32 Å². The first kappa shape index (κ1) is 11.2. The smallest absolute Gasteiger partial charge is 0.147 e. The Morgan fingerprint density at radius 3 is 2.76 bits per heavy atom. The van der Waals surface area contributed by atoms with Crippen LogP contribution in [0.4, 0.5) is 0 Å². The molecule has 17 heavy (non-hydrogen) atoms. The van der Waals surface area contributed by atoms with Crippen molar-refractivity contribution < 1.29 is 9.47 Å². The molecule has 0 bridgehead atoms. The molecule has 0 aromatic heterocycles.